The van der Waals surface area contributed by atoms with Crippen molar-refractivity contribution in [1.29, 1.82) is 0 Å². The summed E-state index contributed by atoms with van der Waals surface area (Å²) in [7, 11) is 0. The Kier molecular flexibility index (Phi) is 3.34. The average molecular weight is 468 g/mol. The van der Waals surface area contributed by atoms with E-state index >= 15 is 0 Å². The van der Waals surface area contributed by atoms with Crippen LogP contribution in [0.1, 0.15) is 42.1 Å². The molecule has 4 nitrogen and oxygen atoms in total. The third kappa shape index (κ3) is 2.10. The predicted molar refractivity (Wildman–Crippen MR) is 121 cm³/mol. The van der Waals surface area contributed by atoms with Crippen LogP contribution in [0, 0.1) is 6.92 Å². The Morgan fingerprint density at radius 1 is 1.15 bits per heavy atom. The number of benzene rings is 2. The second-order valence-corrected chi connectivity index (χ2v) is 10.7. The normalized spacial score (nSPS) is 29.7. The molecule has 4 heterocycles. The van der Waals surface area contributed by atoms with E-state index in [2.05, 4.69) is 37.0 Å². The van der Waals surface area contributed by atoms with E-state index in [-0.39, 0.29) is 17.0 Å². The summed E-state index contributed by atoms with van der Waals surface area (Å²) in [6.07, 6.45) is -0.817. The van der Waals surface area contributed by atoms with Crippen molar-refractivity contribution in [3.63, 3.8) is 0 Å². The van der Waals surface area contributed by atoms with Crippen molar-refractivity contribution < 1.29 is 18.3 Å². The number of hydrogen-bond donors (Lipinski definition) is 1. The van der Waals surface area contributed by atoms with Crippen molar-refractivity contribution in [1.82, 2.24) is 13.7 Å². The first kappa shape index (κ1) is 19.6. The zero-order chi connectivity index (χ0) is 23.1. The third-order valence-electron chi connectivity index (χ3n) is 8.26. The standard InChI is InChI=1S/C25H20F3N3OS/c1-12-8-20-14(9-16(12)25(26,27)28)21-29-17-11-30-18(10-19(17)31(21)33-20)13-6-4-5-7-15(13)23(2)22(32)24(23,30)3/h4-11,18,22,32H,1-3H3. The lowest BCUT2D eigenvalue weighted by Gasteiger charge is -2.43. The van der Waals surface area contributed by atoms with Gasteiger partial charge in [0.1, 0.15) is 5.35 Å². The molecule has 0 amide bonds. The highest BCUT2D eigenvalue weighted by Crippen LogP contribution is 2.67. The van der Waals surface area contributed by atoms with E-state index in [1.807, 2.05) is 22.1 Å². The highest BCUT2D eigenvalue weighted by Gasteiger charge is 2.77. The zero-order valence-corrected chi connectivity index (χ0v) is 18.9. The van der Waals surface area contributed by atoms with Gasteiger partial charge in [-0.1, -0.05) is 42.7 Å². The Hall–Kier alpha value is -2.84. The van der Waals surface area contributed by atoms with Crippen LogP contribution in [0.4, 0.5) is 13.2 Å². The summed E-state index contributed by atoms with van der Waals surface area (Å²) < 4.78 is 43.4. The molecule has 2 aliphatic heterocycles. The van der Waals surface area contributed by atoms with Crippen molar-refractivity contribution >= 4 is 39.5 Å². The number of hydrogen-bond acceptors (Lipinski definition) is 4. The summed E-state index contributed by atoms with van der Waals surface area (Å²) in [4.78, 5) is 6.96. The van der Waals surface area contributed by atoms with Gasteiger partial charge in [0.05, 0.1) is 33.3 Å². The minimum atomic E-state index is -4.41. The fraction of sp³-hybridized carbons (Fsp3) is 0.320. The predicted octanol–water partition coefficient (Wildman–Crippen LogP) is 3.86. The molecule has 8 heteroatoms. The van der Waals surface area contributed by atoms with Crippen LogP contribution in [0.15, 0.2) is 36.4 Å². The van der Waals surface area contributed by atoms with E-state index < -0.39 is 23.4 Å². The van der Waals surface area contributed by atoms with Crippen molar-refractivity contribution in [2.45, 2.75) is 50.0 Å². The highest BCUT2D eigenvalue weighted by atomic mass is 32.1. The van der Waals surface area contributed by atoms with Gasteiger partial charge < -0.3 is 10.0 Å². The van der Waals surface area contributed by atoms with Crippen LogP contribution < -0.4 is 10.7 Å². The topological polar surface area (TPSA) is 40.8 Å². The fourth-order valence-electron chi connectivity index (χ4n) is 6.20. The Bertz CT molecular complexity index is 1650. The molecule has 2 aromatic heterocycles. The Balaban J connectivity index is 1.53. The van der Waals surface area contributed by atoms with Crippen LogP contribution in [0.25, 0.3) is 28.0 Å². The summed E-state index contributed by atoms with van der Waals surface area (Å²) in [6, 6.07) is 11.0. The van der Waals surface area contributed by atoms with Gasteiger partial charge in [-0.2, -0.15) is 13.2 Å². The van der Waals surface area contributed by atoms with E-state index in [0.717, 1.165) is 26.5 Å². The third-order valence-corrected chi connectivity index (χ3v) is 9.35. The van der Waals surface area contributed by atoms with Gasteiger partial charge in [0.25, 0.3) is 0 Å². The summed E-state index contributed by atoms with van der Waals surface area (Å²) >= 11 is 1.41. The van der Waals surface area contributed by atoms with Gasteiger partial charge in [0, 0.05) is 17.0 Å². The van der Waals surface area contributed by atoms with Crippen LogP contribution in [0.5, 0.6) is 0 Å². The molecule has 168 valence electrons. The summed E-state index contributed by atoms with van der Waals surface area (Å²) in [6.45, 7) is 5.66. The number of rotatable bonds is 0. The van der Waals surface area contributed by atoms with Gasteiger partial charge in [-0.25, -0.2) is 8.77 Å². The number of halogens is 3. The van der Waals surface area contributed by atoms with Crippen LogP contribution in [0.3, 0.4) is 0 Å². The van der Waals surface area contributed by atoms with Crippen LogP contribution in [-0.4, -0.2) is 30.4 Å². The quantitative estimate of drug-likeness (QED) is 0.427. The van der Waals surface area contributed by atoms with Gasteiger partial charge in [0.2, 0.25) is 0 Å². The second kappa shape index (κ2) is 5.62. The molecule has 4 atom stereocenters. The number of aliphatic hydroxyl groups is 1. The summed E-state index contributed by atoms with van der Waals surface area (Å²) in [5.41, 5.74) is 1.56. The van der Waals surface area contributed by atoms with Crippen LogP contribution in [-0.2, 0) is 11.6 Å². The molecule has 4 aromatic rings. The first-order chi connectivity index (χ1) is 15.6. The van der Waals surface area contributed by atoms with Gasteiger partial charge in [0.15, 0.2) is 5.65 Å². The molecule has 0 radical (unpaired) electrons. The number of alkyl halides is 3. The monoisotopic (exact) mass is 467 g/mol. The second-order valence-electron chi connectivity index (χ2n) is 9.74. The molecule has 33 heavy (non-hydrogen) atoms. The summed E-state index contributed by atoms with van der Waals surface area (Å²) in [5.74, 6) is 0. The first-order valence-corrected chi connectivity index (χ1v) is 11.6. The molecule has 1 N–H and O–H groups in total. The summed E-state index contributed by atoms with van der Waals surface area (Å²) in [5, 5.41) is 13.2. The molecule has 7 rings (SSSR count). The van der Waals surface area contributed by atoms with E-state index in [4.69, 9.17) is 4.98 Å². The molecule has 0 spiro atoms. The Morgan fingerprint density at radius 2 is 1.91 bits per heavy atom. The Morgan fingerprint density at radius 3 is 2.67 bits per heavy atom. The molecule has 0 bridgehead atoms. The Labute approximate surface area is 191 Å². The number of aryl methyl sites for hydroxylation is 1. The zero-order valence-electron chi connectivity index (χ0n) is 18.1. The van der Waals surface area contributed by atoms with E-state index in [1.165, 1.54) is 24.5 Å². The first-order valence-electron chi connectivity index (χ1n) is 10.9. The van der Waals surface area contributed by atoms with E-state index in [1.54, 1.807) is 6.07 Å². The molecule has 4 unspecified atom stereocenters. The van der Waals surface area contributed by atoms with Crippen molar-refractivity contribution in [2.75, 3.05) is 0 Å². The van der Waals surface area contributed by atoms with Gasteiger partial charge in [-0.15, -0.1) is 0 Å². The minimum Gasteiger partial charge on any atom is -0.390 e. The van der Waals surface area contributed by atoms with Gasteiger partial charge in [-0.05, 0) is 48.7 Å². The van der Waals surface area contributed by atoms with Crippen molar-refractivity contribution in [3.8, 4) is 0 Å². The maximum atomic E-state index is 13.5. The fourth-order valence-corrected chi connectivity index (χ4v) is 7.35. The lowest BCUT2D eigenvalue weighted by molar-refractivity contribution is -0.137. The molecular formula is C25H20F3N3OS. The van der Waals surface area contributed by atoms with Crippen molar-refractivity contribution in [2.24, 2.45) is 0 Å². The number of aliphatic hydroxyl groups excluding tert-OH is 1. The molecule has 1 fully saturated rings. The average Bonchev–Trinajstić information content (AvgIpc) is 3.06. The molecule has 0 saturated heterocycles. The maximum Gasteiger partial charge on any atom is 0.416 e. The van der Waals surface area contributed by atoms with Crippen LogP contribution in [0.2, 0.25) is 0 Å². The maximum absolute atomic E-state index is 13.5. The number of fused-ring (bicyclic) bond motifs is 11. The molecule has 1 aliphatic carbocycles. The number of aromatic nitrogens is 2. The number of imidazole rings is 1. The van der Waals surface area contributed by atoms with E-state index in [0.29, 0.717) is 11.0 Å². The van der Waals surface area contributed by atoms with Crippen LogP contribution >= 0.6 is 11.5 Å². The molecule has 1 saturated carbocycles. The largest absolute Gasteiger partial charge is 0.416 e. The van der Waals surface area contributed by atoms with Gasteiger partial charge in [-0.3, -0.25) is 0 Å². The SMILES string of the molecule is Cc1cc2sn3c4c(nc3c2cc1C(F)(F)F)=CN1C(C=4)c2ccccc2C2(C)C(O)C12C. The lowest BCUT2D eigenvalue weighted by atomic mass is 9.80. The molecular weight excluding hydrogens is 447 g/mol. The molecule has 3 aliphatic rings. The smallest absolute Gasteiger partial charge is 0.390 e. The van der Waals surface area contributed by atoms with E-state index in [9.17, 15) is 18.3 Å². The minimum absolute atomic E-state index is 0.0819. The lowest BCUT2D eigenvalue weighted by Crippen LogP contribution is -2.49. The van der Waals surface area contributed by atoms with Crippen molar-refractivity contribution in [3.05, 3.63) is 69.4 Å². The molecule has 2 aromatic carbocycles. The highest BCUT2D eigenvalue weighted by molar-refractivity contribution is 7.14. The number of nitrogens with zero attached hydrogens (tertiary/aromatic N) is 3. The van der Waals surface area contributed by atoms with Gasteiger partial charge >= 0.3 is 6.18 Å².